The largest absolute Gasteiger partial charge is 0.550 e. The molecule has 0 aliphatic carbocycles. The van der Waals surface area contributed by atoms with Crippen molar-refractivity contribution >= 4 is 40.3 Å². The van der Waals surface area contributed by atoms with E-state index in [1.807, 2.05) is 6.07 Å². The molecular formula is C21H13BClF2NO. The Kier molecular flexibility index (Phi) is 4.78. The molecule has 132 valence electrons. The van der Waals surface area contributed by atoms with Crippen LogP contribution >= 0.6 is 11.6 Å². The van der Waals surface area contributed by atoms with Gasteiger partial charge in [-0.05, 0) is 59.5 Å². The third-order valence-corrected chi connectivity index (χ3v) is 4.46. The van der Waals surface area contributed by atoms with Crippen LogP contribution in [0, 0.1) is 11.6 Å². The van der Waals surface area contributed by atoms with Crippen molar-refractivity contribution in [1.82, 2.24) is 4.98 Å². The molecule has 6 heteroatoms. The summed E-state index contributed by atoms with van der Waals surface area (Å²) in [4.78, 5) is 4.25. The fourth-order valence-corrected chi connectivity index (χ4v) is 3.20. The number of nitrogens with zero attached hydrogens (tertiary/aromatic N) is 1. The first-order chi connectivity index (χ1) is 13.1. The van der Waals surface area contributed by atoms with Crippen molar-refractivity contribution in [2.45, 2.75) is 0 Å². The number of benzene rings is 3. The molecule has 1 heterocycles. The topological polar surface area (TPSA) is 22.1 Å². The van der Waals surface area contributed by atoms with E-state index in [0.717, 1.165) is 5.46 Å². The number of rotatable bonds is 4. The van der Waals surface area contributed by atoms with E-state index < -0.39 is 6.92 Å². The van der Waals surface area contributed by atoms with Gasteiger partial charge in [0.15, 0.2) is 0 Å². The SMILES string of the molecule is Fc1cccc(B(Oc2ccc(F)c3cccnc23)c2cccc(Cl)c2)c1. The molecule has 3 aromatic carbocycles. The molecule has 0 N–H and O–H groups in total. The van der Waals surface area contributed by atoms with E-state index in [4.69, 9.17) is 16.3 Å². The first-order valence-electron chi connectivity index (χ1n) is 8.32. The van der Waals surface area contributed by atoms with Crippen molar-refractivity contribution in [3.05, 3.63) is 95.7 Å². The van der Waals surface area contributed by atoms with E-state index in [1.165, 1.54) is 24.3 Å². The van der Waals surface area contributed by atoms with E-state index in [1.54, 1.807) is 48.7 Å². The third-order valence-electron chi connectivity index (χ3n) is 4.23. The van der Waals surface area contributed by atoms with Gasteiger partial charge in [0.2, 0.25) is 0 Å². The summed E-state index contributed by atoms with van der Waals surface area (Å²) in [7, 11) is 0. The highest BCUT2D eigenvalue weighted by molar-refractivity contribution is 6.80. The zero-order valence-electron chi connectivity index (χ0n) is 14.1. The maximum Gasteiger partial charge on any atom is 0.426 e. The summed E-state index contributed by atoms with van der Waals surface area (Å²) in [5.41, 5.74) is 1.77. The summed E-state index contributed by atoms with van der Waals surface area (Å²) >= 11 is 6.13. The summed E-state index contributed by atoms with van der Waals surface area (Å²) in [6.45, 7) is -0.630. The van der Waals surface area contributed by atoms with Crippen LogP contribution in [0.25, 0.3) is 10.9 Å². The van der Waals surface area contributed by atoms with E-state index in [-0.39, 0.29) is 11.6 Å². The van der Waals surface area contributed by atoms with E-state index >= 15 is 0 Å². The van der Waals surface area contributed by atoms with Crippen LogP contribution in [-0.4, -0.2) is 11.9 Å². The zero-order valence-corrected chi connectivity index (χ0v) is 14.8. The molecule has 0 aliphatic rings. The molecule has 0 unspecified atom stereocenters. The number of pyridine rings is 1. The van der Waals surface area contributed by atoms with Crippen LogP contribution in [0.15, 0.2) is 79.0 Å². The number of hydrogen-bond donors (Lipinski definition) is 0. The van der Waals surface area contributed by atoms with Crippen molar-refractivity contribution in [2.75, 3.05) is 0 Å². The monoisotopic (exact) mass is 379 g/mol. The number of hydrogen-bond acceptors (Lipinski definition) is 2. The van der Waals surface area contributed by atoms with E-state index in [2.05, 4.69) is 4.98 Å². The molecule has 1 aromatic heterocycles. The minimum atomic E-state index is -0.630. The van der Waals surface area contributed by atoms with Crippen molar-refractivity contribution in [3.63, 3.8) is 0 Å². The quantitative estimate of drug-likeness (QED) is 0.492. The lowest BCUT2D eigenvalue weighted by Crippen LogP contribution is -2.47. The van der Waals surface area contributed by atoms with Gasteiger partial charge < -0.3 is 4.65 Å². The van der Waals surface area contributed by atoms with Gasteiger partial charge in [0.05, 0.1) is 0 Å². The second kappa shape index (κ2) is 7.37. The van der Waals surface area contributed by atoms with Gasteiger partial charge >= 0.3 is 6.92 Å². The Labute approximate surface area is 160 Å². The highest BCUT2D eigenvalue weighted by Gasteiger charge is 2.25. The second-order valence-corrected chi connectivity index (χ2v) is 6.49. The molecule has 0 amide bonds. The summed E-state index contributed by atoms with van der Waals surface area (Å²) in [6.07, 6.45) is 1.57. The van der Waals surface area contributed by atoms with Crippen LogP contribution in [0.3, 0.4) is 0 Å². The first-order valence-corrected chi connectivity index (χ1v) is 8.70. The predicted molar refractivity (Wildman–Crippen MR) is 105 cm³/mol. The molecule has 0 radical (unpaired) electrons. The molecule has 2 nitrogen and oxygen atoms in total. The standard InChI is InChI=1S/C21H13BClF2NO/c23-16-6-1-4-14(12-16)22(15-5-2-7-17(24)13-15)27-20-10-9-19(25)18-8-3-11-26-21(18)20/h1-13H. The summed E-state index contributed by atoms with van der Waals surface area (Å²) < 4.78 is 34.1. The summed E-state index contributed by atoms with van der Waals surface area (Å²) in [5.74, 6) is -0.345. The van der Waals surface area contributed by atoms with Crippen LogP contribution in [-0.2, 0) is 0 Å². The van der Waals surface area contributed by atoms with Gasteiger partial charge in [0.25, 0.3) is 0 Å². The summed E-state index contributed by atoms with van der Waals surface area (Å²) in [5, 5.41) is 0.902. The highest BCUT2D eigenvalue weighted by atomic mass is 35.5. The van der Waals surface area contributed by atoms with Crippen molar-refractivity contribution in [3.8, 4) is 5.75 Å². The Morgan fingerprint density at radius 1 is 0.852 bits per heavy atom. The first kappa shape index (κ1) is 17.5. The Hall–Kier alpha value is -2.92. The second-order valence-electron chi connectivity index (χ2n) is 6.05. The molecule has 0 aliphatic heterocycles. The molecule has 4 rings (SSSR count). The zero-order chi connectivity index (χ0) is 18.8. The molecule has 0 bridgehead atoms. The smallest absolute Gasteiger partial charge is 0.426 e. The summed E-state index contributed by atoms with van der Waals surface area (Å²) in [6, 6.07) is 19.5. The lowest BCUT2D eigenvalue weighted by Gasteiger charge is -2.18. The Balaban J connectivity index is 1.84. The Morgan fingerprint density at radius 2 is 1.63 bits per heavy atom. The van der Waals surface area contributed by atoms with Crippen molar-refractivity contribution in [2.24, 2.45) is 0 Å². The molecule has 0 fully saturated rings. The molecule has 27 heavy (non-hydrogen) atoms. The van der Waals surface area contributed by atoms with Crippen molar-refractivity contribution in [1.29, 1.82) is 0 Å². The van der Waals surface area contributed by atoms with Gasteiger partial charge in [-0.1, -0.05) is 35.9 Å². The van der Waals surface area contributed by atoms with Crippen LogP contribution in [0.1, 0.15) is 0 Å². The van der Waals surface area contributed by atoms with Crippen LogP contribution < -0.4 is 15.6 Å². The predicted octanol–water partition coefficient (Wildman–Crippen LogP) is 4.35. The average Bonchev–Trinajstić information content (AvgIpc) is 2.68. The van der Waals surface area contributed by atoms with Crippen molar-refractivity contribution < 1.29 is 13.4 Å². The fraction of sp³-hybridized carbons (Fsp3) is 0. The molecule has 4 aromatic rings. The number of aromatic nitrogens is 1. The van der Waals surface area contributed by atoms with Crippen LogP contribution in [0.2, 0.25) is 5.02 Å². The van der Waals surface area contributed by atoms with Gasteiger partial charge in [0, 0.05) is 16.6 Å². The van der Waals surface area contributed by atoms with Gasteiger partial charge in [-0.25, -0.2) is 8.78 Å². The van der Waals surface area contributed by atoms with Gasteiger partial charge in [-0.15, -0.1) is 0 Å². The Bertz CT molecular complexity index is 1080. The van der Waals surface area contributed by atoms with Gasteiger partial charge in [0.1, 0.15) is 22.9 Å². The molecule has 0 atom stereocenters. The Morgan fingerprint density at radius 3 is 2.41 bits per heavy atom. The van der Waals surface area contributed by atoms with E-state index in [9.17, 15) is 8.78 Å². The van der Waals surface area contributed by atoms with Crippen LogP contribution in [0.5, 0.6) is 5.75 Å². The minimum Gasteiger partial charge on any atom is -0.550 e. The number of halogens is 3. The lowest BCUT2D eigenvalue weighted by molar-refractivity contribution is 0.589. The minimum absolute atomic E-state index is 0.360. The maximum atomic E-state index is 14.1. The fourth-order valence-electron chi connectivity index (χ4n) is 3.00. The molecular weight excluding hydrogens is 366 g/mol. The van der Waals surface area contributed by atoms with Gasteiger partial charge in [-0.2, -0.15) is 0 Å². The maximum absolute atomic E-state index is 14.1. The van der Waals surface area contributed by atoms with E-state index in [0.29, 0.717) is 27.1 Å². The molecule has 0 spiro atoms. The average molecular weight is 380 g/mol. The lowest BCUT2D eigenvalue weighted by atomic mass is 9.55. The number of fused-ring (bicyclic) bond motifs is 1. The normalized spacial score (nSPS) is 10.8. The molecule has 0 saturated heterocycles. The highest BCUT2D eigenvalue weighted by Crippen LogP contribution is 2.26. The molecule has 0 saturated carbocycles. The van der Waals surface area contributed by atoms with Gasteiger partial charge in [-0.3, -0.25) is 4.98 Å². The van der Waals surface area contributed by atoms with Crippen LogP contribution in [0.4, 0.5) is 8.78 Å². The third kappa shape index (κ3) is 3.64.